The Morgan fingerprint density at radius 3 is 2.93 bits per heavy atom. The molecule has 1 fully saturated rings. The normalized spacial score (nSPS) is 22.4. The van der Waals surface area contributed by atoms with Gasteiger partial charge in [-0.15, -0.1) is 23.2 Å². The second kappa shape index (κ2) is 4.02. The van der Waals surface area contributed by atoms with E-state index >= 15 is 0 Å². The molecule has 82 valence electrons. The summed E-state index contributed by atoms with van der Waals surface area (Å²) >= 11 is 11.5. The SMILES string of the molecule is O=C(OCCn1cccn1)C1CC1(Cl)Cl. The van der Waals surface area contributed by atoms with E-state index in [1.807, 2.05) is 6.07 Å². The molecule has 1 aromatic heterocycles. The van der Waals surface area contributed by atoms with Crippen molar-refractivity contribution < 1.29 is 9.53 Å². The van der Waals surface area contributed by atoms with Crippen LogP contribution in [-0.4, -0.2) is 26.7 Å². The summed E-state index contributed by atoms with van der Waals surface area (Å²) in [6.07, 6.45) is 3.96. The van der Waals surface area contributed by atoms with E-state index in [0.717, 1.165) is 0 Å². The number of hydrogen-bond acceptors (Lipinski definition) is 3. The van der Waals surface area contributed by atoms with Gasteiger partial charge in [-0.05, 0) is 12.5 Å². The quantitative estimate of drug-likeness (QED) is 0.601. The van der Waals surface area contributed by atoms with Crippen LogP contribution >= 0.6 is 23.2 Å². The fourth-order valence-corrected chi connectivity index (χ4v) is 1.73. The van der Waals surface area contributed by atoms with Crippen LogP contribution < -0.4 is 0 Å². The van der Waals surface area contributed by atoms with E-state index in [-0.39, 0.29) is 11.9 Å². The highest BCUT2D eigenvalue weighted by Gasteiger charge is 2.57. The minimum Gasteiger partial charge on any atom is -0.463 e. The summed E-state index contributed by atoms with van der Waals surface area (Å²) in [5, 5.41) is 3.98. The monoisotopic (exact) mass is 248 g/mol. The summed E-state index contributed by atoms with van der Waals surface area (Å²) in [6.45, 7) is 0.837. The minimum atomic E-state index is -0.900. The standard InChI is InChI=1S/C9H10Cl2N2O2/c10-9(11)6-7(9)8(14)15-5-4-13-3-1-2-12-13/h1-3,7H,4-6H2. The fraction of sp³-hybridized carbons (Fsp3) is 0.556. The predicted molar refractivity (Wildman–Crippen MR) is 55.7 cm³/mol. The van der Waals surface area contributed by atoms with Gasteiger partial charge in [0.25, 0.3) is 0 Å². The topological polar surface area (TPSA) is 44.1 Å². The second-order valence-corrected chi connectivity index (χ2v) is 5.00. The molecule has 0 aliphatic heterocycles. The second-order valence-electron chi connectivity index (χ2n) is 3.45. The number of alkyl halides is 2. The highest BCUT2D eigenvalue weighted by atomic mass is 35.5. The van der Waals surface area contributed by atoms with Gasteiger partial charge >= 0.3 is 5.97 Å². The van der Waals surface area contributed by atoms with Crippen LogP contribution in [0.15, 0.2) is 18.5 Å². The molecule has 15 heavy (non-hydrogen) atoms. The van der Waals surface area contributed by atoms with Gasteiger partial charge in [-0.1, -0.05) is 0 Å². The summed E-state index contributed by atoms with van der Waals surface area (Å²) in [4.78, 5) is 11.3. The van der Waals surface area contributed by atoms with Gasteiger partial charge in [0.05, 0.1) is 12.5 Å². The molecule has 0 spiro atoms. The van der Waals surface area contributed by atoms with Crippen molar-refractivity contribution in [1.29, 1.82) is 0 Å². The van der Waals surface area contributed by atoms with E-state index in [9.17, 15) is 4.79 Å². The Kier molecular flexibility index (Phi) is 2.89. The molecule has 1 unspecified atom stereocenters. The lowest BCUT2D eigenvalue weighted by Gasteiger charge is -2.04. The molecular weight excluding hydrogens is 239 g/mol. The van der Waals surface area contributed by atoms with E-state index in [1.165, 1.54) is 0 Å². The highest BCUT2D eigenvalue weighted by Crippen LogP contribution is 2.53. The Morgan fingerprint density at radius 1 is 1.67 bits per heavy atom. The molecule has 1 aliphatic carbocycles. The summed E-state index contributed by atoms with van der Waals surface area (Å²) in [7, 11) is 0. The summed E-state index contributed by atoms with van der Waals surface area (Å²) in [5.41, 5.74) is 0. The van der Waals surface area contributed by atoms with Crippen molar-refractivity contribution >= 4 is 29.2 Å². The number of carbonyl (C=O) groups is 1. The van der Waals surface area contributed by atoms with Crippen molar-refractivity contribution in [3.8, 4) is 0 Å². The first-order valence-electron chi connectivity index (χ1n) is 4.61. The van der Waals surface area contributed by atoms with E-state index < -0.39 is 4.33 Å². The third-order valence-electron chi connectivity index (χ3n) is 2.23. The largest absolute Gasteiger partial charge is 0.463 e. The molecule has 0 amide bonds. The van der Waals surface area contributed by atoms with Crippen molar-refractivity contribution in [1.82, 2.24) is 9.78 Å². The number of carbonyl (C=O) groups excluding carboxylic acids is 1. The van der Waals surface area contributed by atoms with Crippen molar-refractivity contribution in [2.45, 2.75) is 17.3 Å². The van der Waals surface area contributed by atoms with Gasteiger partial charge in [-0.2, -0.15) is 5.10 Å². The van der Waals surface area contributed by atoms with Crippen molar-refractivity contribution in [3.63, 3.8) is 0 Å². The average Bonchev–Trinajstić information content (AvgIpc) is 2.65. The summed E-state index contributed by atoms with van der Waals surface area (Å²) < 4.78 is 5.80. The van der Waals surface area contributed by atoms with Gasteiger partial charge in [0.1, 0.15) is 10.9 Å². The third-order valence-corrected chi connectivity index (χ3v) is 3.07. The number of esters is 1. The Labute approximate surface area is 97.1 Å². The number of halogens is 2. The van der Waals surface area contributed by atoms with Crippen LogP contribution in [0.3, 0.4) is 0 Å². The van der Waals surface area contributed by atoms with Gasteiger partial charge in [0.15, 0.2) is 0 Å². The van der Waals surface area contributed by atoms with Gasteiger partial charge in [-0.25, -0.2) is 0 Å². The highest BCUT2D eigenvalue weighted by molar-refractivity contribution is 6.52. The Bertz CT molecular complexity index is 351. The van der Waals surface area contributed by atoms with Crippen LogP contribution in [0.1, 0.15) is 6.42 Å². The number of hydrogen-bond donors (Lipinski definition) is 0. The van der Waals surface area contributed by atoms with Gasteiger partial charge in [0, 0.05) is 12.4 Å². The van der Waals surface area contributed by atoms with Crippen LogP contribution in [0, 0.1) is 5.92 Å². The van der Waals surface area contributed by atoms with E-state index in [2.05, 4.69) is 5.10 Å². The van der Waals surface area contributed by atoms with Crippen LogP contribution in [0.5, 0.6) is 0 Å². The van der Waals surface area contributed by atoms with Crippen LogP contribution in [0.25, 0.3) is 0 Å². The molecule has 4 nitrogen and oxygen atoms in total. The molecule has 1 aliphatic rings. The Morgan fingerprint density at radius 2 is 2.40 bits per heavy atom. The molecule has 1 heterocycles. The van der Waals surface area contributed by atoms with Crippen LogP contribution in [0.2, 0.25) is 0 Å². The third kappa shape index (κ3) is 2.63. The number of ether oxygens (including phenoxy) is 1. The molecule has 0 radical (unpaired) electrons. The molecule has 1 aromatic rings. The number of rotatable bonds is 4. The van der Waals surface area contributed by atoms with Crippen molar-refractivity contribution in [2.24, 2.45) is 5.92 Å². The van der Waals surface area contributed by atoms with Gasteiger partial charge in [-0.3, -0.25) is 9.48 Å². The van der Waals surface area contributed by atoms with Crippen LogP contribution in [0.4, 0.5) is 0 Å². The van der Waals surface area contributed by atoms with Gasteiger partial charge < -0.3 is 4.74 Å². The first kappa shape index (κ1) is 10.8. The molecule has 2 rings (SSSR count). The molecule has 0 bridgehead atoms. The van der Waals surface area contributed by atoms with Gasteiger partial charge in [0.2, 0.25) is 0 Å². The zero-order valence-corrected chi connectivity index (χ0v) is 9.41. The summed E-state index contributed by atoms with van der Waals surface area (Å²) in [5.74, 6) is -0.689. The average molecular weight is 249 g/mol. The maximum absolute atomic E-state index is 11.3. The molecule has 0 aromatic carbocycles. The molecule has 1 saturated carbocycles. The molecule has 0 saturated heterocycles. The molecule has 1 atom stereocenters. The van der Waals surface area contributed by atoms with E-state index in [0.29, 0.717) is 19.6 Å². The Hall–Kier alpha value is -0.740. The van der Waals surface area contributed by atoms with E-state index in [4.69, 9.17) is 27.9 Å². The molecule has 6 heteroatoms. The predicted octanol–water partition coefficient (Wildman–Crippen LogP) is 1.62. The first-order chi connectivity index (χ1) is 7.09. The lowest BCUT2D eigenvalue weighted by Crippen LogP contribution is -2.15. The first-order valence-corrected chi connectivity index (χ1v) is 5.37. The zero-order valence-electron chi connectivity index (χ0n) is 7.90. The maximum Gasteiger partial charge on any atom is 0.312 e. The number of nitrogens with zero attached hydrogens (tertiary/aromatic N) is 2. The maximum atomic E-state index is 11.3. The zero-order chi connectivity index (χ0) is 10.9. The molecular formula is C9H10Cl2N2O2. The number of aromatic nitrogens is 2. The fourth-order valence-electron chi connectivity index (χ4n) is 1.24. The van der Waals surface area contributed by atoms with E-state index in [1.54, 1.807) is 17.1 Å². The molecule has 0 N–H and O–H groups in total. The van der Waals surface area contributed by atoms with Crippen molar-refractivity contribution in [3.05, 3.63) is 18.5 Å². The van der Waals surface area contributed by atoms with Crippen LogP contribution in [-0.2, 0) is 16.1 Å². The smallest absolute Gasteiger partial charge is 0.312 e. The lowest BCUT2D eigenvalue weighted by molar-refractivity contribution is -0.145. The van der Waals surface area contributed by atoms with Crippen molar-refractivity contribution in [2.75, 3.05) is 6.61 Å². The Balaban J connectivity index is 1.69. The summed E-state index contributed by atoms with van der Waals surface area (Å²) in [6, 6.07) is 1.81. The lowest BCUT2D eigenvalue weighted by atomic mass is 10.4. The minimum absolute atomic E-state index is 0.293.